The summed E-state index contributed by atoms with van der Waals surface area (Å²) in [5.41, 5.74) is -1.59. The van der Waals surface area contributed by atoms with Crippen LogP contribution in [0.3, 0.4) is 0 Å². The monoisotopic (exact) mass is 1100 g/mol. The van der Waals surface area contributed by atoms with Crippen molar-refractivity contribution >= 4 is 5.97 Å². The van der Waals surface area contributed by atoms with Crippen molar-refractivity contribution in [1.29, 1.82) is 0 Å². The van der Waals surface area contributed by atoms with Gasteiger partial charge in [0.2, 0.25) is 6.29 Å². The normalized spacial score (nSPS) is 55.8. The van der Waals surface area contributed by atoms with E-state index in [0.29, 0.717) is 32.1 Å². The molecule has 5 saturated carbocycles. The molecule has 4 aliphatic heterocycles. The first-order valence-corrected chi connectivity index (χ1v) is 27.9. The second-order valence-corrected chi connectivity index (χ2v) is 25.6. The van der Waals surface area contributed by atoms with Gasteiger partial charge < -0.3 is 109 Å². The van der Waals surface area contributed by atoms with E-state index in [0.717, 1.165) is 37.7 Å². The highest BCUT2D eigenvalue weighted by molar-refractivity contribution is 5.78. The van der Waals surface area contributed by atoms with E-state index < -0.39 is 166 Å². The number of carbonyl (C=O) groups is 1. The number of fused-ring (bicyclic) bond motifs is 7. The second kappa shape index (κ2) is 22.2. The molecule has 0 bridgehead atoms. The lowest BCUT2D eigenvalue weighted by Crippen LogP contribution is -2.68. The van der Waals surface area contributed by atoms with Crippen molar-refractivity contribution in [3.05, 3.63) is 12.2 Å². The van der Waals surface area contributed by atoms with Gasteiger partial charge in [0.15, 0.2) is 18.9 Å². The lowest BCUT2D eigenvalue weighted by molar-refractivity contribution is -0.361. The van der Waals surface area contributed by atoms with Crippen LogP contribution in [0.2, 0.25) is 0 Å². The Morgan fingerprint density at radius 1 is 0.558 bits per heavy atom. The molecule has 5 aliphatic carbocycles. The van der Waals surface area contributed by atoms with Gasteiger partial charge in [-0.25, -0.2) is 0 Å². The minimum absolute atomic E-state index is 0.00860. The van der Waals surface area contributed by atoms with Crippen molar-refractivity contribution in [3.8, 4) is 0 Å². The zero-order valence-electron chi connectivity index (χ0n) is 45.1. The van der Waals surface area contributed by atoms with Gasteiger partial charge in [0, 0.05) is 5.41 Å². The Bertz CT molecular complexity index is 2090. The first-order valence-electron chi connectivity index (χ1n) is 27.9. The molecule has 23 heteroatoms. The zero-order valence-corrected chi connectivity index (χ0v) is 45.1. The predicted octanol–water partition coefficient (Wildman–Crippen LogP) is -2.18. The summed E-state index contributed by atoms with van der Waals surface area (Å²) in [7, 11) is 0. The third kappa shape index (κ3) is 9.61. The van der Waals surface area contributed by atoms with Crippen molar-refractivity contribution in [2.45, 2.75) is 235 Å². The molecule has 0 aromatic rings. The minimum atomic E-state index is -1.89. The molecule has 77 heavy (non-hydrogen) atoms. The maximum atomic E-state index is 15.1. The summed E-state index contributed by atoms with van der Waals surface area (Å²) in [6, 6.07) is 0. The fraction of sp³-hybridized carbons (Fsp3) is 0.944. The summed E-state index contributed by atoms with van der Waals surface area (Å²) < 4.78 is 47.1. The smallest absolute Gasteiger partial charge is 0.314 e. The third-order valence-corrected chi connectivity index (χ3v) is 21.9. The van der Waals surface area contributed by atoms with Gasteiger partial charge in [0.05, 0.1) is 44.1 Å². The van der Waals surface area contributed by atoms with Gasteiger partial charge in [0.1, 0.15) is 91.6 Å². The SMILES string of the molecule is C=C(C)[C@@H]1CC[C@]2(C(=O)O[C@@H]3O[C@H](CO[C@@H]4O[C@H](CO)[C@@H](O[C@@H]5O[C@@H](C)[C@H](O)[C@@H](O)[C@H]5O)[C@H](O)[C@H]4O)[C@@H](O)[C@H](O)[C@H]3O)CC[C@]3(C)[C@@H](CC[C@@H]4[C@@]5(C)CC[C@H](O[C@@H]6O[C@H](CO)[C@@H](O)[C@H](O)[C@H]6O)[C@@](C)(CO)[C@H]5CC[C@]43C)[C@@H]12. The van der Waals surface area contributed by atoms with Gasteiger partial charge in [-0.1, -0.05) is 39.8 Å². The molecule has 31 atom stereocenters. The molecule has 9 rings (SSSR count). The van der Waals surface area contributed by atoms with Gasteiger partial charge in [0.25, 0.3) is 0 Å². The van der Waals surface area contributed by atoms with Gasteiger partial charge >= 0.3 is 5.97 Å². The number of rotatable bonds is 13. The average molecular weight is 1110 g/mol. The van der Waals surface area contributed by atoms with E-state index in [9.17, 15) is 71.5 Å². The molecule has 0 unspecified atom stereocenters. The predicted molar refractivity (Wildman–Crippen MR) is 263 cm³/mol. The molecule has 0 aromatic heterocycles. The summed E-state index contributed by atoms with van der Waals surface area (Å²) in [5.74, 6) is -0.592. The largest absolute Gasteiger partial charge is 0.432 e. The molecule has 0 radical (unpaired) electrons. The Morgan fingerprint density at radius 3 is 1.78 bits per heavy atom. The average Bonchev–Trinajstić information content (AvgIpc) is 3.83. The molecule has 14 N–H and O–H groups in total. The maximum Gasteiger partial charge on any atom is 0.314 e. The number of esters is 1. The Hall–Kier alpha value is -1.63. The van der Waals surface area contributed by atoms with Crippen LogP contribution >= 0.6 is 0 Å². The van der Waals surface area contributed by atoms with Gasteiger partial charge in [-0.05, 0) is 124 Å². The standard InChI is InChI=1S/C54H88O23/c1-22(2)24-10-15-54(49(69)77-48-42(67)38(63)35(60)28(74-48)20-70-45-43(68)39(64)44(27(19-56)73-45)76-46-40(65)36(61)33(58)23(3)71-46)17-16-52(6)25(32(24)54)8-9-30-50(4)13-12-31(51(5,21-57)29(50)11-14-53(30,52)7)75-47-41(66)37(62)34(59)26(18-55)72-47/h23-48,55-68H,1,8-21H2,2-7H3/t23-,24-,25-,26+,27+,28+,29-,30+,31-,32+,33-,34+,35+,36+,37-,38-,39+,40+,41+,42+,43+,44+,45+,46-,47-,48-,50-,51-,52+,53+,54-/m0/s1. The Balaban J connectivity index is 0.886. The summed E-state index contributed by atoms with van der Waals surface area (Å²) in [6.45, 7) is 14.7. The Kier molecular flexibility index (Phi) is 17.3. The molecule has 442 valence electrons. The van der Waals surface area contributed by atoms with E-state index >= 15 is 4.79 Å². The molecule has 4 saturated heterocycles. The van der Waals surface area contributed by atoms with E-state index in [-0.39, 0.29) is 52.4 Å². The first kappa shape index (κ1) is 60.0. The first-order chi connectivity index (χ1) is 36.2. The molecular weight excluding hydrogens is 1020 g/mol. The van der Waals surface area contributed by atoms with Crippen LogP contribution in [-0.4, -0.2) is 233 Å². The van der Waals surface area contributed by atoms with Crippen molar-refractivity contribution in [2.75, 3.05) is 26.4 Å². The van der Waals surface area contributed by atoms with Crippen LogP contribution in [0.15, 0.2) is 12.2 Å². The van der Waals surface area contributed by atoms with Crippen molar-refractivity contribution in [2.24, 2.45) is 56.7 Å². The summed E-state index contributed by atoms with van der Waals surface area (Å²) >= 11 is 0. The van der Waals surface area contributed by atoms with Crippen LogP contribution in [0.5, 0.6) is 0 Å². The highest BCUT2D eigenvalue weighted by Crippen LogP contribution is 2.78. The molecular formula is C54H88O23. The van der Waals surface area contributed by atoms with E-state index in [2.05, 4.69) is 27.4 Å². The molecule has 0 aromatic carbocycles. The van der Waals surface area contributed by atoms with Crippen molar-refractivity contribution < 1.29 is 114 Å². The van der Waals surface area contributed by atoms with Gasteiger partial charge in [-0.3, -0.25) is 4.79 Å². The number of aliphatic hydroxyl groups excluding tert-OH is 14. The van der Waals surface area contributed by atoms with E-state index in [4.69, 9.17) is 37.9 Å². The third-order valence-electron chi connectivity index (χ3n) is 21.9. The van der Waals surface area contributed by atoms with E-state index in [1.807, 2.05) is 13.8 Å². The molecule has 9 fully saturated rings. The van der Waals surface area contributed by atoms with E-state index in [1.165, 1.54) is 6.92 Å². The second-order valence-electron chi connectivity index (χ2n) is 25.6. The van der Waals surface area contributed by atoms with Crippen LogP contribution in [-0.2, 0) is 42.7 Å². The maximum absolute atomic E-state index is 15.1. The summed E-state index contributed by atoms with van der Waals surface area (Å²) in [4.78, 5) is 15.1. The van der Waals surface area contributed by atoms with E-state index in [1.54, 1.807) is 0 Å². The number of carbonyl (C=O) groups excluding carboxylic acids is 1. The van der Waals surface area contributed by atoms with Crippen LogP contribution < -0.4 is 0 Å². The summed E-state index contributed by atoms with van der Waals surface area (Å²) in [5, 5.41) is 150. The zero-order chi connectivity index (χ0) is 56.2. The van der Waals surface area contributed by atoms with Crippen molar-refractivity contribution in [1.82, 2.24) is 0 Å². The van der Waals surface area contributed by atoms with Crippen molar-refractivity contribution in [3.63, 3.8) is 0 Å². The van der Waals surface area contributed by atoms with Gasteiger partial charge in [-0.2, -0.15) is 0 Å². The van der Waals surface area contributed by atoms with Crippen LogP contribution in [0, 0.1) is 56.7 Å². The highest BCUT2D eigenvalue weighted by Gasteiger charge is 2.73. The van der Waals surface area contributed by atoms with Crippen LogP contribution in [0.4, 0.5) is 0 Å². The summed E-state index contributed by atoms with van der Waals surface area (Å²) in [6.07, 6.45) is -25.6. The number of allylic oxidation sites excluding steroid dienone is 1. The molecule has 9 aliphatic rings. The highest BCUT2D eigenvalue weighted by atomic mass is 16.8. The topological polar surface area (TPSA) is 374 Å². The fourth-order valence-electron chi connectivity index (χ4n) is 17.3. The fourth-order valence-corrected chi connectivity index (χ4v) is 17.3. The number of aliphatic hydroxyl groups is 14. The molecule has 0 spiro atoms. The Labute approximate surface area is 449 Å². The number of hydrogen-bond donors (Lipinski definition) is 14. The molecule has 23 nitrogen and oxygen atoms in total. The lowest BCUT2D eigenvalue weighted by atomic mass is 9.32. The minimum Gasteiger partial charge on any atom is -0.432 e. The van der Waals surface area contributed by atoms with Crippen LogP contribution in [0.1, 0.15) is 106 Å². The quantitative estimate of drug-likeness (QED) is 0.0530. The Morgan fingerprint density at radius 2 is 1.14 bits per heavy atom. The van der Waals surface area contributed by atoms with Gasteiger partial charge in [-0.15, -0.1) is 0 Å². The molecule has 0 amide bonds. The number of ether oxygens (including phenoxy) is 8. The number of hydrogen-bond acceptors (Lipinski definition) is 23. The lowest BCUT2D eigenvalue weighted by Gasteiger charge is -2.73. The molecule has 4 heterocycles. The van der Waals surface area contributed by atoms with Crippen LogP contribution in [0.25, 0.3) is 0 Å².